The summed E-state index contributed by atoms with van der Waals surface area (Å²) in [6.07, 6.45) is 0. The molecule has 1 aliphatic heterocycles. The number of thioether (sulfide) groups is 1. The third-order valence-electron chi connectivity index (χ3n) is 2.32. The van der Waals surface area contributed by atoms with Crippen molar-refractivity contribution in [3.05, 3.63) is 23.7 Å². The molecule has 1 amide bonds. The first-order valence-electron chi connectivity index (χ1n) is 4.59. The molecule has 0 radical (unpaired) electrons. The number of carbonyl (C=O) groups excluding carboxylic acids is 1. The van der Waals surface area contributed by atoms with Crippen LogP contribution in [0.25, 0.3) is 10.2 Å². The summed E-state index contributed by atoms with van der Waals surface area (Å²) in [6, 6.07) is 5.77. The molecule has 1 fully saturated rings. The van der Waals surface area contributed by atoms with Crippen LogP contribution in [-0.4, -0.2) is 21.0 Å². The van der Waals surface area contributed by atoms with Gasteiger partial charge in [-0.15, -0.1) is 11.3 Å². The third kappa shape index (κ3) is 1.53. The highest BCUT2D eigenvalue weighted by molar-refractivity contribution is 8.24. The fraction of sp³-hybridized carbons (Fsp3) is 0.100. The van der Waals surface area contributed by atoms with E-state index in [2.05, 4.69) is 4.98 Å². The maximum absolute atomic E-state index is 11.7. The van der Waals surface area contributed by atoms with E-state index in [4.69, 9.17) is 12.2 Å². The summed E-state index contributed by atoms with van der Waals surface area (Å²) in [5, 5.41) is 0. The summed E-state index contributed by atoms with van der Waals surface area (Å²) in [7, 11) is 0. The lowest BCUT2D eigenvalue weighted by Crippen LogP contribution is -2.27. The van der Waals surface area contributed by atoms with Crippen LogP contribution in [-0.2, 0) is 4.79 Å². The Balaban J connectivity index is 2.11. The van der Waals surface area contributed by atoms with Gasteiger partial charge in [0.1, 0.15) is 4.32 Å². The molecular weight excluding hydrogens is 260 g/mol. The molecule has 0 N–H and O–H groups in total. The number of carbonyl (C=O) groups is 1. The van der Waals surface area contributed by atoms with Gasteiger partial charge in [-0.2, -0.15) is 0 Å². The van der Waals surface area contributed by atoms with Crippen molar-refractivity contribution < 1.29 is 4.79 Å². The fourth-order valence-corrected chi connectivity index (χ4v) is 3.39. The molecule has 1 aromatic heterocycles. The van der Waals surface area contributed by atoms with Crippen molar-refractivity contribution in [2.24, 2.45) is 0 Å². The van der Waals surface area contributed by atoms with Crippen LogP contribution in [0.4, 0.5) is 5.69 Å². The highest BCUT2D eigenvalue weighted by Crippen LogP contribution is 2.30. The largest absolute Gasteiger partial charge is 0.273 e. The molecule has 80 valence electrons. The second kappa shape index (κ2) is 3.80. The Labute approximate surface area is 105 Å². The van der Waals surface area contributed by atoms with Crippen molar-refractivity contribution in [3.8, 4) is 0 Å². The Bertz CT molecular complexity index is 577. The Morgan fingerprint density at radius 1 is 1.44 bits per heavy atom. The van der Waals surface area contributed by atoms with Gasteiger partial charge in [0, 0.05) is 0 Å². The van der Waals surface area contributed by atoms with Gasteiger partial charge in [0.25, 0.3) is 0 Å². The van der Waals surface area contributed by atoms with Crippen LogP contribution in [0.3, 0.4) is 0 Å². The number of benzene rings is 1. The highest BCUT2D eigenvalue weighted by Gasteiger charge is 2.28. The molecule has 6 heteroatoms. The Morgan fingerprint density at radius 3 is 3.06 bits per heavy atom. The molecule has 16 heavy (non-hydrogen) atoms. The molecule has 1 aliphatic rings. The van der Waals surface area contributed by atoms with Crippen LogP contribution in [0, 0.1) is 0 Å². The molecule has 2 aromatic rings. The SMILES string of the molecule is O=C1CSC(=S)N1c1ccc2ncsc2c1. The Hall–Kier alpha value is -0.980. The van der Waals surface area contributed by atoms with E-state index in [1.165, 1.54) is 11.8 Å². The molecule has 0 unspecified atom stereocenters. The molecule has 1 saturated heterocycles. The third-order valence-corrected chi connectivity index (χ3v) is 4.47. The topological polar surface area (TPSA) is 33.2 Å². The van der Waals surface area contributed by atoms with Crippen molar-refractivity contribution in [1.82, 2.24) is 4.98 Å². The van der Waals surface area contributed by atoms with Crippen LogP contribution in [0.5, 0.6) is 0 Å². The van der Waals surface area contributed by atoms with Gasteiger partial charge in [0.05, 0.1) is 27.2 Å². The van der Waals surface area contributed by atoms with Crippen molar-refractivity contribution in [2.45, 2.75) is 0 Å². The zero-order valence-corrected chi connectivity index (χ0v) is 10.5. The number of rotatable bonds is 1. The van der Waals surface area contributed by atoms with E-state index < -0.39 is 0 Å². The van der Waals surface area contributed by atoms with E-state index in [0.29, 0.717) is 10.1 Å². The summed E-state index contributed by atoms with van der Waals surface area (Å²) in [5.74, 6) is 0.499. The summed E-state index contributed by atoms with van der Waals surface area (Å²) < 4.78 is 1.71. The quantitative estimate of drug-likeness (QED) is 0.743. The molecule has 0 aliphatic carbocycles. The number of aromatic nitrogens is 1. The number of nitrogens with zero attached hydrogens (tertiary/aromatic N) is 2. The van der Waals surface area contributed by atoms with Gasteiger partial charge in [0.2, 0.25) is 5.91 Å². The fourth-order valence-electron chi connectivity index (χ4n) is 1.59. The Kier molecular flexibility index (Phi) is 2.42. The van der Waals surface area contributed by atoms with Gasteiger partial charge in [-0.3, -0.25) is 9.69 Å². The van der Waals surface area contributed by atoms with E-state index in [9.17, 15) is 4.79 Å². The predicted octanol–water partition coefficient (Wildman–Crippen LogP) is 2.66. The van der Waals surface area contributed by atoms with E-state index in [0.717, 1.165) is 15.9 Å². The first-order chi connectivity index (χ1) is 7.75. The van der Waals surface area contributed by atoms with Crippen molar-refractivity contribution in [1.29, 1.82) is 0 Å². The van der Waals surface area contributed by atoms with Gasteiger partial charge < -0.3 is 0 Å². The minimum absolute atomic E-state index is 0.0545. The van der Waals surface area contributed by atoms with Crippen molar-refractivity contribution in [3.63, 3.8) is 0 Å². The van der Waals surface area contributed by atoms with Gasteiger partial charge in [-0.25, -0.2) is 4.98 Å². The summed E-state index contributed by atoms with van der Waals surface area (Å²) in [5.41, 5.74) is 3.60. The molecule has 0 bridgehead atoms. The van der Waals surface area contributed by atoms with Gasteiger partial charge in [-0.05, 0) is 18.2 Å². The summed E-state index contributed by atoms with van der Waals surface area (Å²) in [4.78, 5) is 17.5. The molecule has 2 heterocycles. The van der Waals surface area contributed by atoms with Crippen LogP contribution < -0.4 is 4.90 Å². The lowest BCUT2D eigenvalue weighted by atomic mass is 10.3. The lowest BCUT2D eigenvalue weighted by Gasteiger charge is -2.14. The molecule has 0 saturated carbocycles. The second-order valence-electron chi connectivity index (χ2n) is 3.29. The first-order valence-corrected chi connectivity index (χ1v) is 6.86. The number of hydrogen-bond acceptors (Lipinski definition) is 5. The van der Waals surface area contributed by atoms with E-state index in [-0.39, 0.29) is 5.91 Å². The molecule has 1 aromatic carbocycles. The molecule has 3 nitrogen and oxygen atoms in total. The zero-order chi connectivity index (χ0) is 11.1. The number of anilines is 1. The maximum atomic E-state index is 11.7. The maximum Gasteiger partial charge on any atom is 0.243 e. The summed E-state index contributed by atoms with van der Waals surface area (Å²) >= 11 is 8.13. The van der Waals surface area contributed by atoms with Crippen molar-refractivity contribution in [2.75, 3.05) is 10.7 Å². The van der Waals surface area contributed by atoms with Gasteiger partial charge in [-0.1, -0.05) is 24.0 Å². The normalized spacial score (nSPS) is 16.4. The molecule has 3 rings (SSSR count). The van der Waals surface area contributed by atoms with Gasteiger partial charge in [0.15, 0.2) is 0 Å². The summed E-state index contributed by atoms with van der Waals surface area (Å²) in [6.45, 7) is 0. The van der Waals surface area contributed by atoms with Crippen LogP contribution in [0.15, 0.2) is 23.7 Å². The lowest BCUT2D eigenvalue weighted by molar-refractivity contribution is -0.115. The van der Waals surface area contributed by atoms with Crippen LogP contribution in [0.2, 0.25) is 0 Å². The van der Waals surface area contributed by atoms with Gasteiger partial charge >= 0.3 is 0 Å². The molecule has 0 spiro atoms. The second-order valence-corrected chi connectivity index (χ2v) is 5.78. The van der Waals surface area contributed by atoms with E-state index in [1.807, 2.05) is 18.2 Å². The average molecular weight is 266 g/mol. The smallest absolute Gasteiger partial charge is 0.243 e. The first kappa shape index (κ1) is 10.2. The number of amides is 1. The monoisotopic (exact) mass is 266 g/mol. The predicted molar refractivity (Wildman–Crippen MR) is 72.2 cm³/mol. The number of hydrogen-bond donors (Lipinski definition) is 0. The van der Waals surface area contributed by atoms with Crippen LogP contribution >= 0.6 is 35.3 Å². The zero-order valence-electron chi connectivity index (χ0n) is 8.04. The molecule has 0 atom stereocenters. The number of thiocarbonyl (C=S) groups is 1. The molecular formula is C10H6N2OS3. The highest BCUT2D eigenvalue weighted by atomic mass is 32.2. The number of thiazole rings is 1. The minimum Gasteiger partial charge on any atom is -0.273 e. The Morgan fingerprint density at radius 2 is 2.31 bits per heavy atom. The minimum atomic E-state index is 0.0545. The number of fused-ring (bicyclic) bond motifs is 1. The van der Waals surface area contributed by atoms with Crippen molar-refractivity contribution >= 4 is 61.4 Å². The van der Waals surface area contributed by atoms with E-state index in [1.54, 1.807) is 21.7 Å². The van der Waals surface area contributed by atoms with Crippen LogP contribution in [0.1, 0.15) is 0 Å². The van der Waals surface area contributed by atoms with E-state index >= 15 is 0 Å². The standard InChI is InChI=1S/C10H6N2OS3/c13-9-4-15-10(14)12(9)6-1-2-7-8(3-6)16-5-11-7/h1-3,5H,4H2. The average Bonchev–Trinajstić information content (AvgIpc) is 2.85.